The number of hydrogen-bond donors (Lipinski definition) is 1. The minimum Gasteiger partial charge on any atom is -0.493 e. The summed E-state index contributed by atoms with van der Waals surface area (Å²) in [6.45, 7) is 7.12. The first-order chi connectivity index (χ1) is 9.67. The van der Waals surface area contributed by atoms with E-state index in [1.807, 2.05) is 18.7 Å². The summed E-state index contributed by atoms with van der Waals surface area (Å²) in [7, 11) is 0. The molecule has 0 radical (unpaired) electrons. The van der Waals surface area contributed by atoms with Crippen LogP contribution in [0.2, 0.25) is 0 Å². The molecule has 1 N–H and O–H groups in total. The minimum atomic E-state index is 0.278. The third-order valence-corrected chi connectivity index (χ3v) is 5.08. The predicted octanol–water partition coefficient (Wildman–Crippen LogP) is 3.52. The van der Waals surface area contributed by atoms with Crippen molar-refractivity contribution in [1.29, 1.82) is 0 Å². The molecule has 2 aliphatic heterocycles. The van der Waals surface area contributed by atoms with Crippen LogP contribution in [0.4, 0.5) is 0 Å². The molecule has 1 saturated heterocycles. The Kier molecular flexibility index (Phi) is 4.13. The highest BCUT2D eigenvalue weighted by Crippen LogP contribution is 2.42. The van der Waals surface area contributed by atoms with Gasteiger partial charge in [0.1, 0.15) is 17.6 Å². The van der Waals surface area contributed by atoms with E-state index in [-0.39, 0.29) is 6.10 Å². The van der Waals surface area contributed by atoms with Gasteiger partial charge in [-0.05, 0) is 45.1 Å². The summed E-state index contributed by atoms with van der Waals surface area (Å²) in [6, 6.07) is 4.93. The van der Waals surface area contributed by atoms with Gasteiger partial charge in [-0.3, -0.25) is 5.32 Å². The molecule has 1 fully saturated rings. The Hall–Kier alpha value is -0.870. The maximum Gasteiger partial charge on any atom is 0.125 e. The van der Waals surface area contributed by atoms with Gasteiger partial charge in [0.05, 0.1) is 12.0 Å². The normalized spacial score (nSPS) is 28.9. The molecule has 0 bridgehead atoms. The van der Waals surface area contributed by atoms with E-state index in [4.69, 9.17) is 9.47 Å². The maximum absolute atomic E-state index is 5.91. The fourth-order valence-corrected chi connectivity index (χ4v) is 4.29. The van der Waals surface area contributed by atoms with Crippen molar-refractivity contribution in [1.82, 2.24) is 5.32 Å². The minimum absolute atomic E-state index is 0.278. The van der Waals surface area contributed by atoms with Gasteiger partial charge in [-0.1, -0.05) is 0 Å². The first kappa shape index (κ1) is 14.1. The van der Waals surface area contributed by atoms with Gasteiger partial charge in [-0.15, -0.1) is 11.8 Å². The molecule has 0 spiro atoms. The molecule has 3 atom stereocenters. The van der Waals surface area contributed by atoms with Crippen LogP contribution in [-0.2, 0) is 6.42 Å². The molecule has 2 aliphatic rings. The van der Waals surface area contributed by atoms with Gasteiger partial charge in [0.25, 0.3) is 0 Å². The van der Waals surface area contributed by atoms with E-state index >= 15 is 0 Å². The van der Waals surface area contributed by atoms with Crippen LogP contribution in [0.1, 0.15) is 43.7 Å². The predicted molar refractivity (Wildman–Crippen MR) is 83.8 cm³/mol. The first-order valence-corrected chi connectivity index (χ1v) is 8.56. The number of rotatable bonds is 3. The zero-order valence-corrected chi connectivity index (χ0v) is 13.3. The molecule has 3 unspecified atom stereocenters. The number of benzene rings is 1. The highest BCUT2D eigenvalue weighted by atomic mass is 32.2. The molecule has 3 nitrogen and oxygen atoms in total. The van der Waals surface area contributed by atoms with Gasteiger partial charge in [0, 0.05) is 23.6 Å². The number of fused-ring (bicyclic) bond motifs is 1. The van der Waals surface area contributed by atoms with Gasteiger partial charge >= 0.3 is 0 Å². The van der Waals surface area contributed by atoms with Gasteiger partial charge < -0.3 is 9.47 Å². The highest BCUT2D eigenvalue weighted by Gasteiger charge is 2.27. The Balaban J connectivity index is 1.93. The molecule has 0 aromatic heterocycles. The van der Waals surface area contributed by atoms with Crippen molar-refractivity contribution in [2.75, 3.05) is 12.4 Å². The molecular weight excluding hydrogens is 270 g/mol. The topological polar surface area (TPSA) is 30.5 Å². The van der Waals surface area contributed by atoms with Gasteiger partial charge in [0.2, 0.25) is 0 Å². The number of hydrogen-bond acceptors (Lipinski definition) is 4. The van der Waals surface area contributed by atoms with Crippen molar-refractivity contribution in [3.05, 3.63) is 23.3 Å². The van der Waals surface area contributed by atoms with Crippen LogP contribution in [0.25, 0.3) is 0 Å². The van der Waals surface area contributed by atoms with Gasteiger partial charge in [0.15, 0.2) is 0 Å². The van der Waals surface area contributed by atoms with Crippen LogP contribution in [0.3, 0.4) is 0 Å². The Morgan fingerprint density at radius 2 is 2.25 bits per heavy atom. The summed E-state index contributed by atoms with van der Waals surface area (Å²) in [5.74, 6) is 3.25. The standard InChI is InChI=1S/C16H23NO2S/c1-4-18-15-8-12-7-11(3)19-14(12)9-13(15)16-17-10(2)5-6-20-16/h8-11,16-17H,4-7H2,1-3H3. The Labute approximate surface area is 125 Å². The molecule has 4 heteroatoms. The third kappa shape index (κ3) is 2.77. The summed E-state index contributed by atoms with van der Waals surface area (Å²) in [5.41, 5.74) is 2.51. The molecule has 0 amide bonds. The average molecular weight is 293 g/mol. The van der Waals surface area contributed by atoms with E-state index in [2.05, 4.69) is 31.3 Å². The molecule has 20 heavy (non-hydrogen) atoms. The van der Waals surface area contributed by atoms with E-state index in [1.165, 1.54) is 23.3 Å². The Morgan fingerprint density at radius 3 is 3.00 bits per heavy atom. The molecule has 0 saturated carbocycles. The van der Waals surface area contributed by atoms with Crippen molar-refractivity contribution >= 4 is 11.8 Å². The average Bonchev–Trinajstić information content (AvgIpc) is 2.77. The summed E-state index contributed by atoms with van der Waals surface area (Å²) in [5, 5.41) is 3.97. The lowest BCUT2D eigenvalue weighted by Gasteiger charge is -2.30. The summed E-state index contributed by atoms with van der Waals surface area (Å²) >= 11 is 1.96. The van der Waals surface area contributed by atoms with Crippen LogP contribution >= 0.6 is 11.8 Å². The zero-order chi connectivity index (χ0) is 14.1. The lowest BCUT2D eigenvalue weighted by atomic mass is 10.1. The van der Waals surface area contributed by atoms with Crippen molar-refractivity contribution in [3.8, 4) is 11.5 Å². The fraction of sp³-hybridized carbons (Fsp3) is 0.625. The van der Waals surface area contributed by atoms with E-state index in [1.54, 1.807) is 0 Å². The van der Waals surface area contributed by atoms with Crippen LogP contribution in [0.5, 0.6) is 11.5 Å². The van der Waals surface area contributed by atoms with Crippen molar-refractivity contribution in [3.63, 3.8) is 0 Å². The largest absolute Gasteiger partial charge is 0.493 e. The molecule has 0 aliphatic carbocycles. The summed E-state index contributed by atoms with van der Waals surface area (Å²) < 4.78 is 11.8. The van der Waals surface area contributed by atoms with Gasteiger partial charge in [-0.25, -0.2) is 0 Å². The molecular formula is C16H23NO2S. The monoisotopic (exact) mass is 293 g/mol. The van der Waals surface area contributed by atoms with Crippen LogP contribution < -0.4 is 14.8 Å². The number of nitrogens with one attached hydrogen (secondary N) is 1. The SMILES string of the molecule is CCOc1cc2c(cc1C1NC(C)CCS1)OC(C)C2. The number of thioether (sulfide) groups is 1. The fourth-order valence-electron chi connectivity index (χ4n) is 2.87. The molecule has 2 heterocycles. The second-order valence-electron chi connectivity index (χ2n) is 5.67. The van der Waals surface area contributed by atoms with E-state index in [0.29, 0.717) is 18.0 Å². The van der Waals surface area contributed by atoms with Crippen molar-refractivity contribution < 1.29 is 9.47 Å². The van der Waals surface area contributed by atoms with Crippen LogP contribution in [-0.4, -0.2) is 24.5 Å². The van der Waals surface area contributed by atoms with Crippen LogP contribution in [0.15, 0.2) is 12.1 Å². The summed E-state index contributed by atoms with van der Waals surface area (Å²) in [4.78, 5) is 0. The second-order valence-corrected chi connectivity index (χ2v) is 6.88. The third-order valence-electron chi connectivity index (χ3n) is 3.88. The lowest BCUT2D eigenvalue weighted by Crippen LogP contribution is -2.33. The van der Waals surface area contributed by atoms with Crippen LogP contribution in [0, 0.1) is 0 Å². The number of ether oxygens (including phenoxy) is 2. The Bertz CT molecular complexity index is 492. The van der Waals surface area contributed by atoms with E-state index in [0.717, 1.165) is 17.9 Å². The van der Waals surface area contributed by atoms with Crippen molar-refractivity contribution in [2.45, 2.75) is 51.1 Å². The van der Waals surface area contributed by atoms with E-state index in [9.17, 15) is 0 Å². The molecule has 110 valence electrons. The highest BCUT2D eigenvalue weighted by molar-refractivity contribution is 7.99. The van der Waals surface area contributed by atoms with Crippen molar-refractivity contribution in [2.24, 2.45) is 0 Å². The molecule has 1 aromatic rings. The smallest absolute Gasteiger partial charge is 0.125 e. The lowest BCUT2D eigenvalue weighted by molar-refractivity contribution is 0.254. The summed E-state index contributed by atoms with van der Waals surface area (Å²) in [6.07, 6.45) is 2.49. The zero-order valence-electron chi connectivity index (χ0n) is 12.4. The molecule has 3 rings (SSSR count). The first-order valence-electron chi connectivity index (χ1n) is 7.51. The van der Waals surface area contributed by atoms with E-state index < -0.39 is 0 Å². The van der Waals surface area contributed by atoms with Gasteiger partial charge in [-0.2, -0.15) is 0 Å². The maximum atomic E-state index is 5.91. The molecule has 1 aromatic carbocycles. The Morgan fingerprint density at radius 1 is 1.40 bits per heavy atom. The quantitative estimate of drug-likeness (QED) is 0.923. The second kappa shape index (κ2) is 5.86.